The van der Waals surface area contributed by atoms with Gasteiger partial charge in [0.15, 0.2) is 6.61 Å². The molecule has 28 heavy (non-hydrogen) atoms. The van der Waals surface area contributed by atoms with Gasteiger partial charge in [-0.25, -0.2) is 4.39 Å². The van der Waals surface area contributed by atoms with Gasteiger partial charge in [-0.15, -0.1) is 0 Å². The van der Waals surface area contributed by atoms with Gasteiger partial charge in [0, 0.05) is 24.2 Å². The second-order valence-corrected chi connectivity index (χ2v) is 6.37. The molecule has 2 aromatic carbocycles. The zero-order chi connectivity index (χ0) is 19.8. The first-order valence-electron chi connectivity index (χ1n) is 9.16. The third-order valence-electron chi connectivity index (χ3n) is 4.29. The lowest BCUT2D eigenvalue weighted by molar-refractivity contribution is -0.123. The minimum absolute atomic E-state index is 0.161. The fourth-order valence-electron chi connectivity index (χ4n) is 2.82. The van der Waals surface area contributed by atoms with Crippen molar-refractivity contribution in [2.75, 3.05) is 24.6 Å². The number of carbonyl (C=O) groups is 2. The van der Waals surface area contributed by atoms with E-state index in [1.165, 1.54) is 24.3 Å². The Balaban J connectivity index is 1.43. The van der Waals surface area contributed by atoms with Crippen molar-refractivity contribution in [1.82, 2.24) is 5.32 Å². The van der Waals surface area contributed by atoms with Gasteiger partial charge in [0.2, 0.25) is 5.91 Å². The Hall–Kier alpha value is -3.33. The minimum atomic E-state index is -0.359. The molecule has 3 rings (SSSR count). The van der Waals surface area contributed by atoms with Gasteiger partial charge in [0.1, 0.15) is 11.6 Å². The normalized spacial score (nSPS) is 13.5. The van der Waals surface area contributed by atoms with Gasteiger partial charge in [-0.1, -0.05) is 11.8 Å². The summed E-state index contributed by atoms with van der Waals surface area (Å²) < 4.78 is 18.1. The topological polar surface area (TPSA) is 58.6 Å². The summed E-state index contributed by atoms with van der Waals surface area (Å²) >= 11 is 0. The summed E-state index contributed by atoms with van der Waals surface area (Å²) in [6, 6.07) is 13.0. The van der Waals surface area contributed by atoms with Gasteiger partial charge in [0.05, 0.1) is 6.54 Å². The smallest absolute Gasteiger partial charge is 0.258 e. The van der Waals surface area contributed by atoms with E-state index in [9.17, 15) is 14.0 Å². The number of rotatable bonds is 5. The number of hydrogen-bond acceptors (Lipinski definition) is 3. The highest BCUT2D eigenvalue weighted by Gasteiger charge is 2.19. The Bertz CT molecular complexity index is 883. The molecule has 5 nitrogen and oxygen atoms in total. The number of ether oxygens (including phenoxy) is 1. The number of nitrogens with one attached hydrogen (secondary N) is 1. The molecule has 1 saturated heterocycles. The van der Waals surface area contributed by atoms with Crippen molar-refractivity contribution in [3.63, 3.8) is 0 Å². The SMILES string of the molecule is O=C(COc1ccc(F)cc1)NCC#Cc1ccc(N2CCCCC2=O)cc1. The lowest BCUT2D eigenvalue weighted by Gasteiger charge is -2.26. The van der Waals surface area contributed by atoms with E-state index in [1.807, 2.05) is 29.2 Å². The molecule has 1 fully saturated rings. The first kappa shape index (κ1) is 19.4. The molecular weight excluding hydrogens is 359 g/mol. The van der Waals surface area contributed by atoms with Crippen LogP contribution in [0.4, 0.5) is 10.1 Å². The molecule has 0 aliphatic carbocycles. The average Bonchev–Trinajstić information content (AvgIpc) is 2.72. The molecule has 0 unspecified atom stereocenters. The van der Waals surface area contributed by atoms with Gasteiger partial charge >= 0.3 is 0 Å². The van der Waals surface area contributed by atoms with Crippen LogP contribution in [0.15, 0.2) is 48.5 Å². The van der Waals surface area contributed by atoms with Gasteiger partial charge in [0.25, 0.3) is 5.91 Å². The van der Waals surface area contributed by atoms with Crippen LogP contribution < -0.4 is 15.0 Å². The lowest BCUT2D eigenvalue weighted by Crippen LogP contribution is -2.35. The minimum Gasteiger partial charge on any atom is -0.484 e. The molecule has 1 heterocycles. The fourth-order valence-corrected chi connectivity index (χ4v) is 2.82. The number of hydrogen-bond donors (Lipinski definition) is 1. The Labute approximate surface area is 163 Å². The van der Waals surface area contributed by atoms with Crippen molar-refractivity contribution in [2.45, 2.75) is 19.3 Å². The van der Waals surface area contributed by atoms with Crippen LogP contribution in [0.1, 0.15) is 24.8 Å². The number of amides is 2. The molecule has 0 saturated carbocycles. The standard InChI is InChI=1S/C22H21FN2O3/c23-18-8-12-20(13-9-18)28-16-21(26)24-14-3-4-17-6-10-19(11-7-17)25-15-2-1-5-22(25)27/h6-13H,1-2,5,14-16H2,(H,24,26). The molecule has 0 atom stereocenters. The second kappa shape index (κ2) is 9.56. The van der Waals surface area contributed by atoms with Crippen molar-refractivity contribution in [3.8, 4) is 17.6 Å². The molecule has 2 aromatic rings. The van der Waals surface area contributed by atoms with Crippen LogP contribution in [0.3, 0.4) is 0 Å². The van der Waals surface area contributed by atoms with E-state index in [4.69, 9.17) is 4.74 Å². The molecule has 0 spiro atoms. The molecule has 2 amide bonds. The molecule has 1 aliphatic rings. The molecule has 1 aliphatic heterocycles. The highest BCUT2D eigenvalue weighted by molar-refractivity contribution is 5.94. The second-order valence-electron chi connectivity index (χ2n) is 6.37. The van der Waals surface area contributed by atoms with Gasteiger partial charge in [-0.3, -0.25) is 9.59 Å². The third kappa shape index (κ3) is 5.58. The quantitative estimate of drug-likeness (QED) is 0.812. The zero-order valence-corrected chi connectivity index (χ0v) is 15.4. The lowest BCUT2D eigenvalue weighted by atomic mass is 10.1. The summed E-state index contributed by atoms with van der Waals surface area (Å²) in [5.74, 6) is 5.77. The van der Waals surface area contributed by atoms with E-state index >= 15 is 0 Å². The van der Waals surface area contributed by atoms with E-state index in [0.29, 0.717) is 12.2 Å². The third-order valence-corrected chi connectivity index (χ3v) is 4.29. The van der Waals surface area contributed by atoms with E-state index in [0.717, 1.165) is 30.6 Å². The van der Waals surface area contributed by atoms with Crippen molar-refractivity contribution < 1.29 is 18.7 Å². The Kier molecular flexibility index (Phi) is 6.64. The average molecular weight is 380 g/mol. The van der Waals surface area contributed by atoms with Crippen LogP contribution >= 0.6 is 0 Å². The van der Waals surface area contributed by atoms with Crippen molar-refractivity contribution >= 4 is 17.5 Å². The Morgan fingerprint density at radius 2 is 1.86 bits per heavy atom. The maximum atomic E-state index is 12.8. The number of carbonyl (C=O) groups excluding carboxylic acids is 2. The van der Waals surface area contributed by atoms with Gasteiger partial charge in [-0.2, -0.15) is 0 Å². The molecule has 144 valence electrons. The van der Waals surface area contributed by atoms with E-state index < -0.39 is 0 Å². The zero-order valence-electron chi connectivity index (χ0n) is 15.4. The fraction of sp³-hybridized carbons (Fsp3) is 0.273. The molecule has 1 N–H and O–H groups in total. The maximum Gasteiger partial charge on any atom is 0.258 e. The predicted molar refractivity (Wildman–Crippen MR) is 104 cm³/mol. The van der Waals surface area contributed by atoms with Gasteiger partial charge < -0.3 is 15.0 Å². The van der Waals surface area contributed by atoms with E-state index in [2.05, 4.69) is 17.2 Å². The Morgan fingerprint density at radius 3 is 2.57 bits per heavy atom. The van der Waals surface area contributed by atoms with Crippen molar-refractivity contribution in [3.05, 3.63) is 59.9 Å². The molecule has 0 radical (unpaired) electrons. The maximum absolute atomic E-state index is 12.8. The van der Waals surface area contributed by atoms with Crippen LogP contribution in [-0.2, 0) is 9.59 Å². The number of halogens is 1. The largest absolute Gasteiger partial charge is 0.484 e. The first-order valence-corrected chi connectivity index (χ1v) is 9.16. The molecule has 6 heteroatoms. The van der Waals surface area contributed by atoms with E-state index in [1.54, 1.807) is 0 Å². The summed E-state index contributed by atoms with van der Waals surface area (Å²) in [6.07, 6.45) is 2.59. The predicted octanol–water partition coefficient (Wildman–Crippen LogP) is 2.89. The summed E-state index contributed by atoms with van der Waals surface area (Å²) in [5, 5.41) is 2.64. The van der Waals surface area contributed by atoms with Gasteiger partial charge in [-0.05, 0) is 61.4 Å². The highest BCUT2D eigenvalue weighted by Crippen LogP contribution is 2.21. The van der Waals surface area contributed by atoms with E-state index in [-0.39, 0.29) is 30.8 Å². The molecular formula is C22H21FN2O3. The number of piperidine rings is 1. The van der Waals surface area contributed by atoms with Crippen molar-refractivity contribution in [2.24, 2.45) is 0 Å². The number of anilines is 1. The van der Waals surface area contributed by atoms with Crippen LogP contribution in [0.2, 0.25) is 0 Å². The highest BCUT2D eigenvalue weighted by atomic mass is 19.1. The van der Waals surface area contributed by atoms with Crippen LogP contribution in [0, 0.1) is 17.7 Å². The van der Waals surface area contributed by atoms with Crippen LogP contribution in [-0.4, -0.2) is 31.5 Å². The first-order chi connectivity index (χ1) is 13.6. The summed E-state index contributed by atoms with van der Waals surface area (Å²) in [7, 11) is 0. The van der Waals surface area contributed by atoms with Crippen LogP contribution in [0.5, 0.6) is 5.75 Å². The molecule has 0 bridgehead atoms. The summed E-state index contributed by atoms with van der Waals surface area (Å²) in [5.41, 5.74) is 1.70. The van der Waals surface area contributed by atoms with Crippen LogP contribution in [0.25, 0.3) is 0 Å². The monoisotopic (exact) mass is 380 g/mol. The molecule has 0 aromatic heterocycles. The van der Waals surface area contributed by atoms with Crippen molar-refractivity contribution in [1.29, 1.82) is 0 Å². The summed E-state index contributed by atoms with van der Waals surface area (Å²) in [4.78, 5) is 25.5. The summed E-state index contributed by atoms with van der Waals surface area (Å²) in [6.45, 7) is 0.791. The number of benzene rings is 2. The Morgan fingerprint density at radius 1 is 1.11 bits per heavy atom. The number of nitrogens with zero attached hydrogens (tertiary/aromatic N) is 1.